The second kappa shape index (κ2) is 37.7. The Kier molecular flexibility index (Phi) is 34.2. The molecule has 1 rings (SSSR count). The van der Waals surface area contributed by atoms with E-state index in [2.05, 4.69) is 21.3 Å². The molecular formula is C65H115N11O14. The zero-order valence-electron chi connectivity index (χ0n) is 58.8. The Morgan fingerprint density at radius 3 is 1.40 bits per heavy atom. The second-order valence-electron chi connectivity index (χ2n) is 27.2. The Bertz CT molecular complexity index is 2490. The molecule has 0 aromatic rings. The van der Waals surface area contributed by atoms with Gasteiger partial charge in [0.05, 0.1) is 19.3 Å². The summed E-state index contributed by atoms with van der Waals surface area (Å²) in [6.45, 7) is 28.6. The maximum absolute atomic E-state index is 15.3. The molecule has 1 aliphatic heterocycles. The third-order valence-electron chi connectivity index (χ3n) is 16.5. The minimum absolute atomic E-state index is 0.0144. The molecule has 0 aliphatic carbocycles. The molecule has 25 nitrogen and oxygen atoms in total. The van der Waals surface area contributed by atoms with Gasteiger partial charge >= 0.3 is 0 Å². The topological polar surface area (TPSA) is 305 Å². The smallest absolute Gasteiger partial charge is 0.246 e. The Morgan fingerprint density at radius 1 is 0.500 bits per heavy atom. The van der Waals surface area contributed by atoms with E-state index in [-0.39, 0.29) is 81.2 Å². The summed E-state index contributed by atoms with van der Waals surface area (Å²) in [5.41, 5.74) is 0. The minimum atomic E-state index is -1.69. The highest BCUT2D eigenvalue weighted by atomic mass is 16.5. The number of likely N-dealkylation sites (N-methyl/N-ethyl adjacent to an activating group) is 7. The van der Waals surface area contributed by atoms with Crippen LogP contribution in [-0.2, 0) is 62.3 Å². The van der Waals surface area contributed by atoms with E-state index >= 15 is 14.4 Å². The van der Waals surface area contributed by atoms with E-state index < -0.39 is 156 Å². The number of nitrogens with zero attached hydrogens (tertiary/aromatic N) is 7. The van der Waals surface area contributed by atoms with E-state index in [1.54, 1.807) is 53.7 Å². The summed E-state index contributed by atoms with van der Waals surface area (Å²) < 4.78 is 5.35. The van der Waals surface area contributed by atoms with Gasteiger partial charge in [-0.3, -0.25) is 57.5 Å². The van der Waals surface area contributed by atoms with E-state index in [0.717, 1.165) is 9.80 Å². The lowest BCUT2D eigenvalue weighted by Crippen LogP contribution is -2.63. The molecule has 25 heteroatoms. The highest BCUT2D eigenvalue weighted by Gasteiger charge is 2.46. The van der Waals surface area contributed by atoms with Crippen molar-refractivity contribution >= 4 is 70.8 Å². The Morgan fingerprint density at radius 2 is 0.933 bits per heavy atom. The van der Waals surface area contributed by atoms with Crippen molar-refractivity contribution in [2.75, 3.05) is 69.1 Å². The molecule has 514 valence electrons. The zero-order chi connectivity index (χ0) is 69.7. The number of rotatable bonds is 19. The third-order valence-corrected chi connectivity index (χ3v) is 16.5. The first-order chi connectivity index (χ1) is 41.6. The molecule has 0 aromatic carbocycles. The summed E-state index contributed by atoms with van der Waals surface area (Å²) in [6, 6.07) is -12.6. The zero-order valence-corrected chi connectivity index (χ0v) is 58.8. The standard InChI is InChI=1S/C65H115N11O14/c1-25-46-61(85)70(18)34-51(78)71(19)47(30-36(2)3)58(82)69-52(40(10)11)64(88)72(20)48(31-37(4)5)57(81)66-44(16)56(80)67-45(17)60(84)73(21)49(32-38(6)7)62(86)74(22)50(33-39(8)9)63(87)75(23)53(41(12)13)65(89)76(24)54(59(83)68-46)55(79)42(14)28-26-27-29-90-35-43(15)77/h26-27,36-42,44-50,52-55,79H,25,28-35H2,1-24H3,(H,66,81)(H,67,80)(H,68,83)(H,69,82)/b27-26+/t42-,44+,45+,46+,47+,48+,49+,50+,52+,53?,54?,55-/m1/s1. The SMILES string of the molecule is CC[C@@H]1NC(=O)C([C@H](O)[C@H](C)C/C=C/COCC(C)=O)N(C)C(=O)C(C(C)C)N(C)C(=O)[C@H](CC(C)C)N(C)C(=O)[C@H](CC(C)C)N(C)C(=O)[C@H](C)NC(=O)[C@H](C)NC(=O)[C@H](CC(C)C)N(C)C(=O)[C@H](C(C)C)NC(=O)[C@H](CC(C)C)N(C)C(=O)CN(C)C1=O. The lowest BCUT2D eigenvalue weighted by atomic mass is 9.91. The fourth-order valence-corrected chi connectivity index (χ4v) is 11.0. The van der Waals surface area contributed by atoms with Crippen LogP contribution >= 0.6 is 0 Å². The van der Waals surface area contributed by atoms with E-state index in [1.165, 1.54) is 94.6 Å². The summed E-state index contributed by atoms with van der Waals surface area (Å²) in [7, 11) is 9.80. The number of hydrogen-bond acceptors (Lipinski definition) is 14. The van der Waals surface area contributed by atoms with Crippen LogP contribution in [0.5, 0.6) is 0 Å². The molecule has 5 N–H and O–H groups in total. The van der Waals surface area contributed by atoms with E-state index in [0.29, 0.717) is 0 Å². The molecule has 1 aliphatic rings. The largest absolute Gasteiger partial charge is 0.390 e. The number of hydrogen-bond donors (Lipinski definition) is 5. The maximum atomic E-state index is 15.3. The quantitative estimate of drug-likeness (QED) is 0.0918. The van der Waals surface area contributed by atoms with Crippen molar-refractivity contribution in [2.24, 2.45) is 41.4 Å². The number of Topliss-reactive ketones (excluding diaryl/α,β-unsaturated/α-hetero) is 1. The molecule has 0 aromatic heterocycles. The maximum Gasteiger partial charge on any atom is 0.246 e. The number of carbonyl (C=O) groups is 12. The highest BCUT2D eigenvalue weighted by Crippen LogP contribution is 2.26. The van der Waals surface area contributed by atoms with Crippen LogP contribution in [0.1, 0.15) is 156 Å². The highest BCUT2D eigenvalue weighted by molar-refractivity contribution is 5.99. The predicted octanol–water partition coefficient (Wildman–Crippen LogP) is 2.85. The molecule has 1 heterocycles. The average Bonchev–Trinajstić information content (AvgIpc) is 0.975. The lowest BCUT2D eigenvalue weighted by Gasteiger charge is -2.41. The van der Waals surface area contributed by atoms with Crippen LogP contribution in [-0.4, -0.2) is 246 Å². The number of carbonyl (C=O) groups excluding carboxylic acids is 12. The van der Waals surface area contributed by atoms with Crippen molar-refractivity contribution in [1.82, 2.24) is 55.6 Å². The van der Waals surface area contributed by atoms with Gasteiger partial charge in [-0.05, 0) is 101 Å². The van der Waals surface area contributed by atoms with Crippen molar-refractivity contribution in [1.29, 1.82) is 0 Å². The van der Waals surface area contributed by atoms with E-state index in [4.69, 9.17) is 4.74 Å². The van der Waals surface area contributed by atoms with Gasteiger partial charge in [0.1, 0.15) is 67.0 Å². The minimum Gasteiger partial charge on any atom is -0.390 e. The molecular weight excluding hydrogens is 1160 g/mol. The lowest BCUT2D eigenvalue weighted by molar-refractivity contribution is -0.157. The summed E-state index contributed by atoms with van der Waals surface area (Å²) in [4.78, 5) is 181. The predicted molar refractivity (Wildman–Crippen MR) is 344 cm³/mol. The fourth-order valence-electron chi connectivity index (χ4n) is 11.0. The van der Waals surface area contributed by atoms with Gasteiger partial charge in [0, 0.05) is 49.3 Å². The van der Waals surface area contributed by atoms with Crippen LogP contribution < -0.4 is 21.3 Å². The fraction of sp³-hybridized carbons (Fsp3) is 0.785. The van der Waals surface area contributed by atoms with Crippen molar-refractivity contribution in [3.05, 3.63) is 12.2 Å². The van der Waals surface area contributed by atoms with Crippen molar-refractivity contribution in [3.8, 4) is 0 Å². The molecule has 2 unspecified atom stereocenters. The van der Waals surface area contributed by atoms with Crippen LogP contribution in [0.4, 0.5) is 0 Å². The Hall–Kier alpha value is -6.50. The van der Waals surface area contributed by atoms with Crippen LogP contribution in [0.3, 0.4) is 0 Å². The molecule has 90 heavy (non-hydrogen) atoms. The van der Waals surface area contributed by atoms with Gasteiger partial charge in [-0.15, -0.1) is 0 Å². The van der Waals surface area contributed by atoms with Gasteiger partial charge in [-0.2, -0.15) is 0 Å². The van der Waals surface area contributed by atoms with Gasteiger partial charge in [-0.25, -0.2) is 0 Å². The number of amides is 11. The Balaban J connectivity index is 4.35. The van der Waals surface area contributed by atoms with Crippen molar-refractivity contribution in [2.45, 2.75) is 223 Å². The average molecular weight is 1270 g/mol. The van der Waals surface area contributed by atoms with Gasteiger partial charge in [0.25, 0.3) is 0 Å². The van der Waals surface area contributed by atoms with Gasteiger partial charge < -0.3 is 65.4 Å². The van der Waals surface area contributed by atoms with Gasteiger partial charge in [0.2, 0.25) is 65.0 Å². The number of nitrogens with one attached hydrogen (secondary N) is 4. The first-order valence-corrected chi connectivity index (χ1v) is 32.0. The molecule has 11 amide bonds. The second-order valence-corrected chi connectivity index (χ2v) is 27.2. The summed E-state index contributed by atoms with van der Waals surface area (Å²) in [5.74, 6) is -10.4. The first kappa shape index (κ1) is 81.5. The normalized spacial score (nSPS) is 26.0. The summed E-state index contributed by atoms with van der Waals surface area (Å²) in [5, 5.41) is 23.2. The molecule has 0 saturated carbocycles. The molecule has 1 saturated heterocycles. The van der Waals surface area contributed by atoms with Crippen molar-refractivity contribution in [3.63, 3.8) is 0 Å². The molecule has 0 radical (unpaired) electrons. The van der Waals surface area contributed by atoms with E-state index in [1.807, 2.05) is 55.4 Å². The Labute approximate surface area is 537 Å². The van der Waals surface area contributed by atoms with Crippen molar-refractivity contribution < 1.29 is 67.4 Å². The van der Waals surface area contributed by atoms with Gasteiger partial charge in [0.15, 0.2) is 5.78 Å². The van der Waals surface area contributed by atoms with Crippen LogP contribution in [0.2, 0.25) is 0 Å². The van der Waals surface area contributed by atoms with Crippen LogP contribution in [0, 0.1) is 41.4 Å². The van der Waals surface area contributed by atoms with Crippen LogP contribution in [0.25, 0.3) is 0 Å². The number of allylic oxidation sites excluding steroid dienone is 1. The number of aliphatic hydroxyl groups is 1. The molecule has 1 fully saturated rings. The number of ketones is 1. The summed E-state index contributed by atoms with van der Waals surface area (Å²) in [6.07, 6.45) is 2.44. The third kappa shape index (κ3) is 23.9. The molecule has 0 spiro atoms. The van der Waals surface area contributed by atoms with Gasteiger partial charge in [-0.1, -0.05) is 109 Å². The molecule has 0 bridgehead atoms. The monoisotopic (exact) mass is 1270 g/mol. The molecule has 12 atom stereocenters. The van der Waals surface area contributed by atoms with Crippen LogP contribution in [0.15, 0.2) is 12.2 Å². The number of ether oxygens (including phenoxy) is 1. The number of aliphatic hydroxyl groups excluding tert-OH is 1. The first-order valence-electron chi connectivity index (χ1n) is 32.0. The van der Waals surface area contributed by atoms with E-state index in [9.17, 15) is 48.3 Å². The summed E-state index contributed by atoms with van der Waals surface area (Å²) >= 11 is 0.